The van der Waals surface area contributed by atoms with Gasteiger partial charge in [0.1, 0.15) is 16.6 Å². The summed E-state index contributed by atoms with van der Waals surface area (Å²) in [5.41, 5.74) is 0.956. The van der Waals surface area contributed by atoms with Crippen molar-refractivity contribution in [1.82, 2.24) is 15.1 Å². The van der Waals surface area contributed by atoms with Gasteiger partial charge in [-0.25, -0.2) is 9.18 Å². The summed E-state index contributed by atoms with van der Waals surface area (Å²) < 4.78 is 18.6. The first-order valence-electron chi connectivity index (χ1n) is 10.1. The number of halogens is 1. The Labute approximate surface area is 188 Å². The number of benzene rings is 2. The highest BCUT2D eigenvalue weighted by Crippen LogP contribution is 2.30. The number of para-hydroxylation sites is 2. The van der Waals surface area contributed by atoms with E-state index in [0.717, 1.165) is 12.8 Å². The number of carbonyl (C=O) groups is 2. The average Bonchev–Trinajstić information content (AvgIpc) is 3.30. The van der Waals surface area contributed by atoms with Crippen molar-refractivity contribution in [3.05, 3.63) is 64.4 Å². The number of aromatic nitrogens is 2. The fourth-order valence-corrected chi connectivity index (χ4v) is 4.41. The number of piperidine rings is 1. The van der Waals surface area contributed by atoms with E-state index in [1.807, 2.05) is 12.1 Å². The maximum atomic E-state index is 13.3. The summed E-state index contributed by atoms with van der Waals surface area (Å²) >= 11 is 1.19. The molecule has 0 bridgehead atoms. The molecular formula is C22H22FN5O3S. The molecule has 4 rings (SSSR count). The SMILES string of the molecule is COc1ccccc1NC(=O)N1CCC[C@H](c2nnc(C(=O)Nc3cccc(F)c3)s2)C1. The van der Waals surface area contributed by atoms with Gasteiger partial charge in [-0.05, 0) is 43.2 Å². The van der Waals surface area contributed by atoms with Gasteiger partial charge in [0.05, 0.1) is 12.8 Å². The predicted octanol–water partition coefficient (Wildman–Crippen LogP) is 4.35. The number of nitrogens with one attached hydrogen (secondary N) is 2. The Morgan fingerprint density at radius 2 is 2.00 bits per heavy atom. The molecule has 1 atom stereocenters. The number of rotatable bonds is 5. The van der Waals surface area contributed by atoms with Crippen LogP contribution in [0.2, 0.25) is 0 Å². The molecule has 0 unspecified atom stereocenters. The molecule has 0 saturated carbocycles. The molecule has 166 valence electrons. The number of ether oxygens (including phenoxy) is 1. The van der Waals surface area contributed by atoms with Crippen LogP contribution in [0.1, 0.15) is 33.6 Å². The van der Waals surface area contributed by atoms with Crippen molar-refractivity contribution in [2.45, 2.75) is 18.8 Å². The predicted molar refractivity (Wildman–Crippen MR) is 120 cm³/mol. The number of urea groups is 1. The first-order chi connectivity index (χ1) is 15.5. The monoisotopic (exact) mass is 455 g/mol. The minimum atomic E-state index is -0.444. The fraction of sp³-hybridized carbons (Fsp3) is 0.273. The van der Waals surface area contributed by atoms with E-state index >= 15 is 0 Å². The van der Waals surface area contributed by atoms with E-state index < -0.39 is 11.7 Å². The molecule has 10 heteroatoms. The van der Waals surface area contributed by atoms with Gasteiger partial charge >= 0.3 is 6.03 Å². The summed E-state index contributed by atoms with van der Waals surface area (Å²) in [5.74, 6) is -0.303. The fourth-order valence-electron chi connectivity index (χ4n) is 3.55. The van der Waals surface area contributed by atoms with Crippen molar-refractivity contribution in [1.29, 1.82) is 0 Å². The van der Waals surface area contributed by atoms with Crippen LogP contribution in [0.3, 0.4) is 0 Å². The molecule has 3 aromatic rings. The van der Waals surface area contributed by atoms with Gasteiger partial charge < -0.3 is 20.3 Å². The van der Waals surface area contributed by atoms with Gasteiger partial charge in [-0.1, -0.05) is 29.5 Å². The number of hydrogen-bond donors (Lipinski definition) is 2. The lowest BCUT2D eigenvalue weighted by Gasteiger charge is -2.31. The zero-order chi connectivity index (χ0) is 22.5. The Hall–Kier alpha value is -3.53. The van der Waals surface area contributed by atoms with Crippen molar-refractivity contribution in [2.75, 3.05) is 30.8 Å². The maximum absolute atomic E-state index is 13.3. The van der Waals surface area contributed by atoms with E-state index in [1.54, 1.807) is 30.2 Å². The van der Waals surface area contributed by atoms with E-state index in [2.05, 4.69) is 20.8 Å². The standard InChI is InChI=1S/C22H22FN5O3S/c1-31-18-10-3-2-9-17(18)25-22(30)28-11-5-6-14(13-28)20-26-27-21(32-20)19(29)24-16-8-4-7-15(23)12-16/h2-4,7-10,12,14H,5-6,11,13H2,1H3,(H,24,29)(H,25,30)/t14-/m0/s1. The van der Waals surface area contributed by atoms with Crippen molar-refractivity contribution >= 4 is 34.6 Å². The number of anilines is 2. The van der Waals surface area contributed by atoms with E-state index in [9.17, 15) is 14.0 Å². The Bertz CT molecular complexity index is 1120. The van der Waals surface area contributed by atoms with Crippen molar-refractivity contribution in [2.24, 2.45) is 0 Å². The quantitative estimate of drug-likeness (QED) is 0.596. The molecule has 2 N–H and O–H groups in total. The molecule has 2 heterocycles. The Morgan fingerprint density at radius 3 is 2.81 bits per heavy atom. The number of nitrogens with zero attached hydrogens (tertiary/aromatic N) is 3. The lowest BCUT2D eigenvalue weighted by atomic mass is 9.99. The second-order valence-electron chi connectivity index (χ2n) is 7.33. The van der Waals surface area contributed by atoms with Crippen LogP contribution in [0.25, 0.3) is 0 Å². The summed E-state index contributed by atoms with van der Waals surface area (Å²) in [6, 6.07) is 12.7. The summed E-state index contributed by atoms with van der Waals surface area (Å²) in [6.07, 6.45) is 1.66. The van der Waals surface area contributed by atoms with E-state index in [-0.39, 0.29) is 17.0 Å². The molecule has 3 amide bonds. The van der Waals surface area contributed by atoms with Crippen LogP contribution < -0.4 is 15.4 Å². The summed E-state index contributed by atoms with van der Waals surface area (Å²) in [5, 5.41) is 14.6. The third-order valence-corrected chi connectivity index (χ3v) is 6.21. The van der Waals surface area contributed by atoms with Crippen molar-refractivity contribution < 1.29 is 18.7 Å². The molecule has 1 aromatic heterocycles. The zero-order valence-electron chi connectivity index (χ0n) is 17.4. The normalized spacial score (nSPS) is 15.8. The average molecular weight is 456 g/mol. The molecule has 1 fully saturated rings. The minimum Gasteiger partial charge on any atom is -0.495 e. The molecule has 8 nitrogen and oxygen atoms in total. The molecule has 1 aliphatic heterocycles. The van der Waals surface area contributed by atoms with Crippen molar-refractivity contribution in [3.8, 4) is 5.75 Å². The second-order valence-corrected chi connectivity index (χ2v) is 8.33. The number of carbonyl (C=O) groups excluding carboxylic acids is 2. The van der Waals surface area contributed by atoms with Crippen LogP contribution in [-0.4, -0.2) is 47.2 Å². The Balaban J connectivity index is 1.40. The molecular weight excluding hydrogens is 433 g/mol. The smallest absolute Gasteiger partial charge is 0.321 e. The number of likely N-dealkylation sites (tertiary alicyclic amines) is 1. The molecule has 0 spiro atoms. The Morgan fingerprint density at radius 1 is 1.16 bits per heavy atom. The molecule has 0 aliphatic carbocycles. The first kappa shape index (κ1) is 21.7. The van der Waals surface area contributed by atoms with E-state index in [4.69, 9.17) is 4.74 Å². The second kappa shape index (κ2) is 9.73. The highest BCUT2D eigenvalue weighted by Gasteiger charge is 2.28. The van der Waals surface area contributed by atoms with Crippen LogP contribution in [0.4, 0.5) is 20.6 Å². The highest BCUT2D eigenvalue weighted by atomic mass is 32.1. The van der Waals surface area contributed by atoms with Gasteiger partial charge in [0.15, 0.2) is 0 Å². The van der Waals surface area contributed by atoms with Crippen LogP contribution in [0, 0.1) is 5.82 Å². The summed E-state index contributed by atoms with van der Waals surface area (Å²) in [4.78, 5) is 27.0. The molecule has 2 aromatic carbocycles. The number of methoxy groups -OCH3 is 1. The van der Waals surface area contributed by atoms with Gasteiger partial charge in [0.25, 0.3) is 5.91 Å². The number of amides is 3. The lowest BCUT2D eigenvalue weighted by molar-refractivity contribution is 0.102. The number of hydrogen-bond acceptors (Lipinski definition) is 6. The van der Waals surface area contributed by atoms with Crippen molar-refractivity contribution in [3.63, 3.8) is 0 Å². The molecule has 1 aliphatic rings. The van der Waals surface area contributed by atoms with Gasteiger partial charge in [0, 0.05) is 24.7 Å². The van der Waals surface area contributed by atoms with Crippen LogP contribution >= 0.6 is 11.3 Å². The van der Waals surface area contributed by atoms with Crippen LogP contribution in [0.5, 0.6) is 5.75 Å². The maximum Gasteiger partial charge on any atom is 0.321 e. The third-order valence-electron chi connectivity index (χ3n) is 5.12. The Kier molecular flexibility index (Phi) is 6.60. The lowest BCUT2D eigenvalue weighted by Crippen LogP contribution is -2.41. The van der Waals surface area contributed by atoms with Gasteiger partial charge in [-0.2, -0.15) is 0 Å². The van der Waals surface area contributed by atoms with Gasteiger partial charge in [-0.15, -0.1) is 10.2 Å². The zero-order valence-corrected chi connectivity index (χ0v) is 18.2. The van der Waals surface area contributed by atoms with Crippen LogP contribution in [0.15, 0.2) is 48.5 Å². The molecule has 0 radical (unpaired) electrons. The van der Waals surface area contributed by atoms with Crippen LogP contribution in [-0.2, 0) is 0 Å². The first-order valence-corrected chi connectivity index (χ1v) is 10.9. The van der Waals surface area contributed by atoms with E-state index in [0.29, 0.717) is 35.2 Å². The van der Waals surface area contributed by atoms with E-state index in [1.165, 1.54) is 29.5 Å². The summed E-state index contributed by atoms with van der Waals surface area (Å²) in [6.45, 7) is 1.10. The molecule has 32 heavy (non-hydrogen) atoms. The topological polar surface area (TPSA) is 96.4 Å². The largest absolute Gasteiger partial charge is 0.495 e. The highest BCUT2D eigenvalue weighted by molar-refractivity contribution is 7.13. The third kappa shape index (κ3) is 5.02. The summed E-state index contributed by atoms with van der Waals surface area (Å²) in [7, 11) is 1.55. The van der Waals surface area contributed by atoms with Gasteiger partial charge in [0.2, 0.25) is 5.01 Å². The minimum absolute atomic E-state index is 0.0135. The molecule has 1 saturated heterocycles. The van der Waals surface area contributed by atoms with Gasteiger partial charge in [-0.3, -0.25) is 4.79 Å².